The second-order valence-corrected chi connectivity index (χ2v) is 5.65. The molecule has 0 unspecified atom stereocenters. The average Bonchev–Trinajstić information content (AvgIpc) is 2.85. The maximum Gasteiger partial charge on any atom is 0.209 e. The molecule has 0 N–H and O–H groups in total. The first-order chi connectivity index (χ1) is 9.16. The fourth-order valence-electron chi connectivity index (χ4n) is 1.43. The van der Waals surface area contributed by atoms with Crippen molar-refractivity contribution in [1.82, 2.24) is 20.2 Å². The van der Waals surface area contributed by atoms with Gasteiger partial charge in [0.25, 0.3) is 0 Å². The van der Waals surface area contributed by atoms with Gasteiger partial charge >= 0.3 is 0 Å². The van der Waals surface area contributed by atoms with Gasteiger partial charge in [-0.2, -0.15) is 0 Å². The topological polar surface area (TPSA) is 52.8 Å². The lowest BCUT2D eigenvalue weighted by Gasteiger charge is -2.08. The summed E-state index contributed by atoms with van der Waals surface area (Å²) in [4.78, 5) is 0. The van der Waals surface area contributed by atoms with Crippen molar-refractivity contribution < 1.29 is 4.74 Å². The highest BCUT2D eigenvalue weighted by Crippen LogP contribution is 2.19. The molecule has 2 aromatic rings. The van der Waals surface area contributed by atoms with Gasteiger partial charge in [0.05, 0.1) is 12.6 Å². The van der Waals surface area contributed by atoms with E-state index in [4.69, 9.17) is 16.3 Å². The quantitative estimate of drug-likeness (QED) is 0.606. The van der Waals surface area contributed by atoms with Crippen molar-refractivity contribution >= 4 is 23.4 Å². The number of benzene rings is 1. The number of aromatic nitrogens is 4. The molecule has 0 bridgehead atoms. The molecule has 1 heterocycles. The van der Waals surface area contributed by atoms with Gasteiger partial charge in [0.1, 0.15) is 5.75 Å². The summed E-state index contributed by atoms with van der Waals surface area (Å²) in [5, 5.41) is 13.1. The third-order valence-electron chi connectivity index (χ3n) is 2.35. The summed E-state index contributed by atoms with van der Waals surface area (Å²) in [6.07, 6.45) is 0. The maximum absolute atomic E-state index is 5.80. The third kappa shape index (κ3) is 4.11. The first-order valence-corrected chi connectivity index (χ1v) is 7.32. The largest absolute Gasteiger partial charge is 0.493 e. The van der Waals surface area contributed by atoms with Crippen LogP contribution in [0.4, 0.5) is 0 Å². The molecule has 0 saturated heterocycles. The number of nitrogens with zero attached hydrogens (tertiary/aromatic N) is 4. The van der Waals surface area contributed by atoms with E-state index < -0.39 is 0 Å². The van der Waals surface area contributed by atoms with Crippen LogP contribution in [0, 0.1) is 0 Å². The summed E-state index contributed by atoms with van der Waals surface area (Å²) < 4.78 is 7.40. The summed E-state index contributed by atoms with van der Waals surface area (Å²) in [6, 6.07) is 7.58. The van der Waals surface area contributed by atoms with E-state index in [1.54, 1.807) is 16.4 Å². The van der Waals surface area contributed by atoms with Crippen LogP contribution in [-0.2, 0) is 0 Å². The second-order valence-electron chi connectivity index (χ2n) is 4.15. The number of thioether (sulfide) groups is 1. The highest BCUT2D eigenvalue weighted by molar-refractivity contribution is 7.99. The zero-order valence-corrected chi connectivity index (χ0v) is 12.4. The third-order valence-corrected chi connectivity index (χ3v) is 3.50. The fraction of sp³-hybridized carbons (Fsp3) is 0.417. The Hall–Kier alpha value is -1.27. The van der Waals surface area contributed by atoms with Gasteiger partial charge in [-0.15, -0.1) is 5.10 Å². The summed E-state index contributed by atoms with van der Waals surface area (Å²) in [6.45, 7) is 4.69. The molecule has 0 aliphatic rings. The standard InChI is InChI=1S/C12H15ClN4OS/c1-9(2)17-12(14-15-16-17)19-8-7-18-11-5-3-10(13)4-6-11/h3-6,9H,7-8H2,1-2H3. The first kappa shape index (κ1) is 14.1. The minimum absolute atomic E-state index is 0.259. The predicted molar refractivity (Wildman–Crippen MR) is 75.9 cm³/mol. The Morgan fingerprint density at radius 2 is 2.05 bits per heavy atom. The summed E-state index contributed by atoms with van der Waals surface area (Å²) in [5.74, 6) is 1.60. The number of halogens is 1. The molecule has 0 fully saturated rings. The number of rotatable bonds is 6. The molecule has 1 aromatic heterocycles. The Kier molecular flexibility index (Phi) is 5.04. The second kappa shape index (κ2) is 6.77. The van der Waals surface area contributed by atoms with E-state index in [0.29, 0.717) is 11.6 Å². The molecule has 0 aliphatic carbocycles. The van der Waals surface area contributed by atoms with Crippen molar-refractivity contribution in [3.8, 4) is 5.75 Å². The molecule has 0 atom stereocenters. The van der Waals surface area contributed by atoms with Gasteiger partial charge in [0.15, 0.2) is 0 Å². The smallest absolute Gasteiger partial charge is 0.209 e. The zero-order valence-electron chi connectivity index (χ0n) is 10.8. The van der Waals surface area contributed by atoms with Crippen LogP contribution in [0.1, 0.15) is 19.9 Å². The molecule has 1 aromatic carbocycles. The first-order valence-electron chi connectivity index (χ1n) is 5.96. The van der Waals surface area contributed by atoms with E-state index in [9.17, 15) is 0 Å². The van der Waals surface area contributed by atoms with Crippen molar-refractivity contribution in [3.63, 3.8) is 0 Å². The fourth-order valence-corrected chi connectivity index (χ4v) is 2.38. The molecule has 0 amide bonds. The van der Waals surface area contributed by atoms with E-state index in [2.05, 4.69) is 15.5 Å². The van der Waals surface area contributed by atoms with E-state index in [1.165, 1.54) is 0 Å². The van der Waals surface area contributed by atoms with Crippen LogP contribution < -0.4 is 4.74 Å². The molecule has 2 rings (SSSR count). The number of tetrazole rings is 1. The Balaban J connectivity index is 1.77. The van der Waals surface area contributed by atoms with E-state index >= 15 is 0 Å². The molecular weight excluding hydrogens is 284 g/mol. The Bertz CT molecular complexity index is 515. The van der Waals surface area contributed by atoms with Crippen LogP contribution >= 0.6 is 23.4 Å². The number of hydrogen-bond donors (Lipinski definition) is 0. The lowest BCUT2D eigenvalue weighted by molar-refractivity contribution is 0.343. The van der Waals surface area contributed by atoms with Crippen LogP contribution in [0.3, 0.4) is 0 Å². The van der Waals surface area contributed by atoms with Crippen LogP contribution in [0.25, 0.3) is 0 Å². The van der Waals surface area contributed by atoms with Crippen molar-refractivity contribution in [2.45, 2.75) is 25.0 Å². The van der Waals surface area contributed by atoms with Gasteiger partial charge < -0.3 is 4.74 Å². The minimum atomic E-state index is 0.259. The molecule has 5 nitrogen and oxygen atoms in total. The molecule has 102 valence electrons. The summed E-state index contributed by atoms with van der Waals surface area (Å²) in [7, 11) is 0. The minimum Gasteiger partial charge on any atom is -0.493 e. The highest BCUT2D eigenvalue weighted by atomic mass is 35.5. The Morgan fingerprint density at radius 1 is 1.32 bits per heavy atom. The van der Waals surface area contributed by atoms with Gasteiger partial charge in [-0.1, -0.05) is 23.4 Å². The lowest BCUT2D eigenvalue weighted by atomic mass is 10.3. The van der Waals surface area contributed by atoms with Crippen LogP contribution in [-0.4, -0.2) is 32.6 Å². The number of hydrogen-bond acceptors (Lipinski definition) is 5. The molecule has 0 saturated carbocycles. The van der Waals surface area contributed by atoms with Crippen molar-refractivity contribution in [3.05, 3.63) is 29.3 Å². The van der Waals surface area contributed by atoms with Crippen LogP contribution in [0.5, 0.6) is 5.75 Å². The normalized spacial score (nSPS) is 10.9. The van der Waals surface area contributed by atoms with E-state index in [-0.39, 0.29) is 6.04 Å². The molecule has 0 spiro atoms. The van der Waals surface area contributed by atoms with Crippen LogP contribution in [0.2, 0.25) is 5.02 Å². The molecule has 7 heteroatoms. The van der Waals surface area contributed by atoms with Crippen molar-refractivity contribution in [1.29, 1.82) is 0 Å². The Morgan fingerprint density at radius 3 is 2.74 bits per heavy atom. The van der Waals surface area contributed by atoms with Gasteiger partial charge in [-0.3, -0.25) is 0 Å². The molecular formula is C12H15ClN4OS. The van der Waals surface area contributed by atoms with Crippen molar-refractivity contribution in [2.75, 3.05) is 12.4 Å². The average molecular weight is 299 g/mol. The van der Waals surface area contributed by atoms with Crippen molar-refractivity contribution in [2.24, 2.45) is 0 Å². The zero-order chi connectivity index (χ0) is 13.7. The van der Waals surface area contributed by atoms with Gasteiger partial charge in [-0.05, 0) is 48.5 Å². The lowest BCUT2D eigenvalue weighted by Crippen LogP contribution is -2.06. The highest BCUT2D eigenvalue weighted by Gasteiger charge is 2.09. The maximum atomic E-state index is 5.80. The Labute approximate surface area is 121 Å². The van der Waals surface area contributed by atoms with Gasteiger partial charge in [-0.25, -0.2) is 4.68 Å². The van der Waals surface area contributed by atoms with Gasteiger partial charge in [0.2, 0.25) is 5.16 Å². The monoisotopic (exact) mass is 298 g/mol. The van der Waals surface area contributed by atoms with E-state index in [1.807, 2.05) is 38.1 Å². The van der Waals surface area contributed by atoms with Crippen LogP contribution in [0.15, 0.2) is 29.4 Å². The SMILES string of the molecule is CC(C)n1nnnc1SCCOc1ccc(Cl)cc1. The predicted octanol–water partition coefficient (Wildman–Crippen LogP) is 3.08. The summed E-state index contributed by atoms with van der Waals surface area (Å²) in [5.41, 5.74) is 0. The van der Waals surface area contributed by atoms with E-state index in [0.717, 1.165) is 16.7 Å². The molecule has 0 radical (unpaired) electrons. The number of ether oxygens (including phenoxy) is 1. The summed E-state index contributed by atoms with van der Waals surface area (Å²) >= 11 is 7.38. The molecule has 19 heavy (non-hydrogen) atoms. The van der Waals surface area contributed by atoms with Gasteiger partial charge in [0, 0.05) is 10.8 Å². The molecule has 0 aliphatic heterocycles.